The van der Waals surface area contributed by atoms with Crippen molar-refractivity contribution >= 4 is 40.0 Å². The molecule has 0 unspecified atom stereocenters. The molecule has 0 aliphatic carbocycles. The first-order valence-corrected chi connectivity index (χ1v) is 7.30. The van der Waals surface area contributed by atoms with Crippen molar-refractivity contribution in [3.8, 4) is 11.5 Å². The van der Waals surface area contributed by atoms with E-state index >= 15 is 0 Å². The van der Waals surface area contributed by atoms with E-state index in [9.17, 15) is 19.5 Å². The number of carboxylic acids is 1. The van der Waals surface area contributed by atoms with Crippen LogP contribution in [0.2, 0.25) is 0 Å². The van der Waals surface area contributed by atoms with Gasteiger partial charge in [-0.15, -0.1) is 0 Å². The molecule has 2 rings (SSSR count). The van der Waals surface area contributed by atoms with Gasteiger partial charge in [0.1, 0.15) is 17.4 Å². The molecule has 8 heteroatoms. The van der Waals surface area contributed by atoms with Crippen molar-refractivity contribution in [1.82, 2.24) is 0 Å². The van der Waals surface area contributed by atoms with Crippen LogP contribution in [0.1, 0.15) is 17.0 Å². The van der Waals surface area contributed by atoms with E-state index in [-0.39, 0.29) is 11.5 Å². The standard InChI is InChI=1S/C16H10Cl2O6/c17-15(21)23-11-5-1-9(2-6-11)13(14(19)20)10-3-7-12(8-4-10)24-16(18)22/h1-8,13H,(H,19,20). The van der Waals surface area contributed by atoms with Crippen molar-refractivity contribution in [2.45, 2.75) is 5.92 Å². The van der Waals surface area contributed by atoms with Gasteiger partial charge in [-0.2, -0.15) is 0 Å². The van der Waals surface area contributed by atoms with Crippen molar-refractivity contribution in [2.75, 3.05) is 0 Å². The fraction of sp³-hybridized carbons (Fsp3) is 0.0625. The Bertz CT molecular complexity index is 696. The predicted molar refractivity (Wildman–Crippen MR) is 86.1 cm³/mol. The van der Waals surface area contributed by atoms with Gasteiger partial charge in [0.05, 0.1) is 0 Å². The maximum Gasteiger partial charge on any atom is 0.409 e. The van der Waals surface area contributed by atoms with E-state index < -0.39 is 22.7 Å². The highest BCUT2D eigenvalue weighted by Gasteiger charge is 2.22. The zero-order chi connectivity index (χ0) is 17.7. The average molecular weight is 369 g/mol. The molecule has 0 atom stereocenters. The van der Waals surface area contributed by atoms with Gasteiger partial charge in [-0.25, -0.2) is 9.59 Å². The summed E-state index contributed by atoms with van der Waals surface area (Å²) in [6.07, 6.45) is 0. The van der Waals surface area contributed by atoms with E-state index in [0.717, 1.165) is 0 Å². The maximum absolute atomic E-state index is 11.6. The van der Waals surface area contributed by atoms with E-state index in [0.29, 0.717) is 11.1 Å². The molecule has 6 nitrogen and oxygen atoms in total. The van der Waals surface area contributed by atoms with Crippen LogP contribution in [-0.4, -0.2) is 21.9 Å². The van der Waals surface area contributed by atoms with Crippen LogP contribution in [0.4, 0.5) is 9.59 Å². The van der Waals surface area contributed by atoms with Gasteiger partial charge in [-0.05, 0) is 35.4 Å². The molecule has 0 radical (unpaired) electrons. The Morgan fingerprint density at radius 3 is 1.33 bits per heavy atom. The minimum Gasteiger partial charge on any atom is -0.481 e. The summed E-state index contributed by atoms with van der Waals surface area (Å²) < 4.78 is 9.37. The molecule has 1 N–H and O–H groups in total. The fourth-order valence-corrected chi connectivity index (χ4v) is 2.30. The summed E-state index contributed by atoms with van der Waals surface area (Å²) >= 11 is 10.2. The third kappa shape index (κ3) is 4.71. The number of hydrogen-bond donors (Lipinski definition) is 1. The molecule has 0 heterocycles. The monoisotopic (exact) mass is 368 g/mol. The van der Waals surface area contributed by atoms with Gasteiger partial charge in [0.2, 0.25) is 0 Å². The van der Waals surface area contributed by atoms with Crippen LogP contribution in [0.5, 0.6) is 11.5 Å². The molecule has 0 amide bonds. The first-order valence-electron chi connectivity index (χ1n) is 6.54. The minimum absolute atomic E-state index is 0.201. The lowest BCUT2D eigenvalue weighted by Gasteiger charge is -2.14. The number of carbonyl (C=O) groups excluding carboxylic acids is 2. The molecule has 124 valence electrons. The van der Waals surface area contributed by atoms with Gasteiger partial charge >= 0.3 is 16.8 Å². The smallest absolute Gasteiger partial charge is 0.409 e. The fourth-order valence-electron chi connectivity index (χ4n) is 2.12. The van der Waals surface area contributed by atoms with Gasteiger partial charge in [0, 0.05) is 23.2 Å². The minimum atomic E-state index is -1.07. The molecule has 2 aromatic carbocycles. The second-order valence-corrected chi connectivity index (χ2v) is 5.21. The normalized spacial score (nSPS) is 10.3. The van der Waals surface area contributed by atoms with E-state index in [1.807, 2.05) is 0 Å². The van der Waals surface area contributed by atoms with Crippen molar-refractivity contribution in [3.05, 3.63) is 59.7 Å². The van der Waals surface area contributed by atoms with Crippen LogP contribution >= 0.6 is 23.2 Å². The summed E-state index contributed by atoms with van der Waals surface area (Å²) in [5, 5.41) is 9.50. The number of benzene rings is 2. The zero-order valence-electron chi connectivity index (χ0n) is 11.9. The van der Waals surface area contributed by atoms with Crippen molar-refractivity contribution in [3.63, 3.8) is 0 Å². The quantitative estimate of drug-likeness (QED) is 0.787. The molecule has 0 saturated heterocycles. The lowest BCUT2D eigenvalue weighted by Crippen LogP contribution is -2.13. The summed E-state index contributed by atoms with van der Waals surface area (Å²) in [5.41, 5.74) is -1.03. The summed E-state index contributed by atoms with van der Waals surface area (Å²) in [6.45, 7) is 0. The number of halogens is 2. The predicted octanol–water partition coefficient (Wildman–Crippen LogP) is 4.38. The second kappa shape index (κ2) is 7.81. The van der Waals surface area contributed by atoms with Crippen LogP contribution in [0.3, 0.4) is 0 Å². The van der Waals surface area contributed by atoms with Crippen LogP contribution in [0, 0.1) is 0 Å². The molecule has 24 heavy (non-hydrogen) atoms. The van der Waals surface area contributed by atoms with Crippen LogP contribution < -0.4 is 9.47 Å². The summed E-state index contributed by atoms with van der Waals surface area (Å²) in [5.74, 6) is -1.62. The molecule has 0 bridgehead atoms. The van der Waals surface area contributed by atoms with Crippen molar-refractivity contribution < 1.29 is 29.0 Å². The first-order chi connectivity index (χ1) is 11.4. The highest BCUT2D eigenvalue weighted by Crippen LogP contribution is 2.28. The maximum atomic E-state index is 11.6. The Balaban J connectivity index is 2.27. The van der Waals surface area contributed by atoms with Gasteiger partial charge in [-0.1, -0.05) is 24.3 Å². The number of ether oxygens (including phenoxy) is 2. The molecule has 0 aromatic heterocycles. The van der Waals surface area contributed by atoms with Gasteiger partial charge in [0.25, 0.3) is 0 Å². The summed E-state index contributed by atoms with van der Waals surface area (Å²) in [7, 11) is 0. The van der Waals surface area contributed by atoms with E-state index in [4.69, 9.17) is 23.2 Å². The van der Waals surface area contributed by atoms with Crippen LogP contribution in [0.15, 0.2) is 48.5 Å². The Morgan fingerprint density at radius 2 is 1.08 bits per heavy atom. The van der Waals surface area contributed by atoms with E-state index in [1.165, 1.54) is 48.5 Å². The van der Waals surface area contributed by atoms with Crippen molar-refractivity contribution in [1.29, 1.82) is 0 Å². The molecular weight excluding hydrogens is 359 g/mol. The topological polar surface area (TPSA) is 89.9 Å². The molecular formula is C16H10Cl2O6. The Kier molecular flexibility index (Phi) is 5.78. The third-order valence-electron chi connectivity index (χ3n) is 3.07. The lowest BCUT2D eigenvalue weighted by atomic mass is 9.91. The number of carboxylic acid groups (broad SMARTS) is 1. The molecule has 2 aromatic rings. The van der Waals surface area contributed by atoms with E-state index in [1.54, 1.807) is 0 Å². The van der Waals surface area contributed by atoms with Crippen molar-refractivity contribution in [2.24, 2.45) is 0 Å². The number of rotatable bonds is 5. The molecule has 0 saturated carbocycles. The highest BCUT2D eigenvalue weighted by molar-refractivity contribution is 6.61. The number of hydrogen-bond acceptors (Lipinski definition) is 5. The van der Waals surface area contributed by atoms with Gasteiger partial charge in [-0.3, -0.25) is 4.79 Å². The Hall–Kier alpha value is -2.57. The number of carbonyl (C=O) groups is 3. The summed E-state index contributed by atoms with van der Waals surface area (Å²) in [4.78, 5) is 33.0. The number of aliphatic carboxylic acids is 1. The molecule has 0 spiro atoms. The second-order valence-electron chi connectivity index (χ2n) is 4.59. The largest absolute Gasteiger partial charge is 0.481 e. The Labute approximate surface area is 146 Å². The molecule has 0 aliphatic rings. The van der Waals surface area contributed by atoms with E-state index in [2.05, 4.69) is 9.47 Å². The van der Waals surface area contributed by atoms with Gasteiger partial charge in [0.15, 0.2) is 0 Å². The van der Waals surface area contributed by atoms with Gasteiger partial charge < -0.3 is 14.6 Å². The molecule has 0 aliphatic heterocycles. The third-order valence-corrected chi connectivity index (χ3v) is 3.22. The molecule has 0 fully saturated rings. The first kappa shape index (κ1) is 17.8. The average Bonchev–Trinajstić information content (AvgIpc) is 2.49. The lowest BCUT2D eigenvalue weighted by molar-refractivity contribution is -0.137. The van der Waals surface area contributed by atoms with Crippen LogP contribution in [-0.2, 0) is 4.79 Å². The van der Waals surface area contributed by atoms with Crippen LogP contribution in [0.25, 0.3) is 0 Å². The highest BCUT2D eigenvalue weighted by atomic mass is 35.5. The Morgan fingerprint density at radius 1 is 0.750 bits per heavy atom. The zero-order valence-corrected chi connectivity index (χ0v) is 13.5. The SMILES string of the molecule is O=C(Cl)Oc1ccc(C(C(=O)O)c2ccc(OC(=O)Cl)cc2)cc1. The summed E-state index contributed by atoms with van der Waals surface area (Å²) in [6, 6.07) is 11.8.